The van der Waals surface area contributed by atoms with Gasteiger partial charge >= 0.3 is 0 Å². The van der Waals surface area contributed by atoms with Crippen LogP contribution in [0.15, 0.2) is 17.8 Å². The van der Waals surface area contributed by atoms with E-state index in [9.17, 15) is 0 Å². The monoisotopic (exact) mass is 302 g/mol. The van der Waals surface area contributed by atoms with Crippen LogP contribution >= 0.6 is 0 Å². The number of benzene rings is 1. The van der Waals surface area contributed by atoms with Gasteiger partial charge in [0.15, 0.2) is 0 Å². The zero-order valence-corrected chi connectivity index (χ0v) is 15.1. The molecule has 0 unspecified atom stereocenters. The van der Waals surface area contributed by atoms with Crippen molar-refractivity contribution >= 4 is 6.08 Å². The molecule has 0 atom stereocenters. The maximum Gasteiger partial charge on any atom is 0.00866 e. The van der Waals surface area contributed by atoms with Gasteiger partial charge in [-0.2, -0.15) is 0 Å². The fourth-order valence-corrected chi connectivity index (χ4v) is 2.88. The van der Waals surface area contributed by atoms with Crippen molar-refractivity contribution in [2.24, 2.45) is 11.5 Å². The van der Waals surface area contributed by atoms with Crippen LogP contribution in [0.25, 0.3) is 6.08 Å². The van der Waals surface area contributed by atoms with Crippen LogP contribution in [-0.4, -0.2) is 6.54 Å². The topological polar surface area (TPSA) is 52.0 Å². The summed E-state index contributed by atoms with van der Waals surface area (Å²) in [5.74, 6) is 1.02. The van der Waals surface area contributed by atoms with Gasteiger partial charge in [0.25, 0.3) is 0 Å². The van der Waals surface area contributed by atoms with Crippen LogP contribution in [0, 0.1) is 6.92 Å². The molecule has 0 radical (unpaired) electrons. The minimum Gasteiger partial charge on any atom is -0.402 e. The average Bonchev–Trinajstić information content (AvgIpc) is 2.44. The fourth-order valence-electron chi connectivity index (χ4n) is 2.88. The quantitative estimate of drug-likeness (QED) is 0.659. The first-order valence-corrected chi connectivity index (χ1v) is 8.67. The van der Waals surface area contributed by atoms with E-state index in [0.29, 0.717) is 11.8 Å². The van der Waals surface area contributed by atoms with Gasteiger partial charge in [-0.25, -0.2) is 0 Å². The lowest BCUT2D eigenvalue weighted by atomic mass is 9.86. The van der Waals surface area contributed by atoms with Crippen molar-refractivity contribution in [1.29, 1.82) is 0 Å². The Morgan fingerprint density at radius 2 is 1.55 bits per heavy atom. The third kappa shape index (κ3) is 5.49. The van der Waals surface area contributed by atoms with Crippen LogP contribution in [0.2, 0.25) is 0 Å². The molecule has 0 bridgehead atoms. The van der Waals surface area contributed by atoms with Gasteiger partial charge in [-0.3, -0.25) is 0 Å². The number of rotatable bonds is 8. The molecular weight excluding hydrogens is 268 g/mol. The second-order valence-corrected chi connectivity index (χ2v) is 6.99. The molecule has 0 aliphatic carbocycles. The first kappa shape index (κ1) is 18.8. The lowest BCUT2D eigenvalue weighted by Gasteiger charge is -2.19. The highest BCUT2D eigenvalue weighted by atomic mass is 14.6. The van der Waals surface area contributed by atoms with Crippen LogP contribution in [0.1, 0.15) is 87.5 Å². The number of unbranched alkanes of at least 4 members (excludes halogenated alkanes) is 2. The number of hydrogen-bond acceptors (Lipinski definition) is 2. The first-order chi connectivity index (χ1) is 10.4. The maximum absolute atomic E-state index is 6.29. The molecule has 0 heterocycles. The van der Waals surface area contributed by atoms with Crippen molar-refractivity contribution in [3.63, 3.8) is 0 Å². The Bertz CT molecular complexity index is 469. The predicted molar refractivity (Wildman–Crippen MR) is 99.0 cm³/mol. The molecule has 0 saturated carbocycles. The minimum absolute atomic E-state index is 0.508. The summed E-state index contributed by atoms with van der Waals surface area (Å²) in [6.07, 6.45) is 6.55. The Labute approximate surface area is 137 Å². The van der Waals surface area contributed by atoms with Gasteiger partial charge in [0.05, 0.1) is 0 Å². The lowest BCUT2D eigenvalue weighted by molar-refractivity contribution is 0.682. The van der Waals surface area contributed by atoms with Crippen molar-refractivity contribution in [1.82, 2.24) is 0 Å². The molecule has 2 heteroatoms. The van der Waals surface area contributed by atoms with E-state index in [1.165, 1.54) is 22.3 Å². The van der Waals surface area contributed by atoms with Crippen molar-refractivity contribution in [3.8, 4) is 0 Å². The summed E-state index contributed by atoms with van der Waals surface area (Å²) in [5.41, 5.74) is 18.3. The van der Waals surface area contributed by atoms with Crippen molar-refractivity contribution in [2.75, 3.05) is 6.54 Å². The molecule has 1 aromatic carbocycles. The molecule has 124 valence electrons. The number of nitrogens with two attached hydrogens (primary N) is 2. The highest BCUT2D eigenvalue weighted by Crippen LogP contribution is 2.31. The summed E-state index contributed by atoms with van der Waals surface area (Å²) in [4.78, 5) is 0. The van der Waals surface area contributed by atoms with Crippen LogP contribution < -0.4 is 11.5 Å². The second-order valence-electron chi connectivity index (χ2n) is 6.99. The van der Waals surface area contributed by atoms with Crippen molar-refractivity contribution in [3.05, 3.63) is 40.1 Å². The Morgan fingerprint density at radius 1 is 1.00 bits per heavy atom. The number of aryl methyl sites for hydroxylation is 1. The molecule has 2 nitrogen and oxygen atoms in total. The Balaban J connectivity index is 3.09. The summed E-state index contributed by atoms with van der Waals surface area (Å²) < 4.78 is 0. The maximum atomic E-state index is 6.29. The van der Waals surface area contributed by atoms with E-state index in [1.807, 2.05) is 0 Å². The molecule has 22 heavy (non-hydrogen) atoms. The van der Waals surface area contributed by atoms with Gasteiger partial charge < -0.3 is 11.5 Å². The molecule has 0 amide bonds. The van der Waals surface area contributed by atoms with E-state index in [1.54, 1.807) is 0 Å². The zero-order chi connectivity index (χ0) is 16.7. The van der Waals surface area contributed by atoms with E-state index < -0.39 is 0 Å². The fraction of sp³-hybridized carbons (Fsp3) is 0.600. The van der Waals surface area contributed by atoms with Gasteiger partial charge in [-0.15, -0.1) is 0 Å². The van der Waals surface area contributed by atoms with Gasteiger partial charge in [0, 0.05) is 5.70 Å². The van der Waals surface area contributed by atoms with E-state index in [2.05, 4.69) is 52.8 Å². The van der Waals surface area contributed by atoms with E-state index in [-0.39, 0.29) is 0 Å². The minimum atomic E-state index is 0.508. The molecule has 0 aromatic heterocycles. The van der Waals surface area contributed by atoms with E-state index in [0.717, 1.165) is 37.9 Å². The Hall–Kier alpha value is -1.28. The SMILES string of the molecule is Cc1cc(C(C)C)c(C=C(N)CCCCCN)c(C(C)C)c1. The van der Waals surface area contributed by atoms with Crippen LogP contribution in [0.3, 0.4) is 0 Å². The molecular formula is C20H34N2. The number of hydrogen-bond donors (Lipinski definition) is 2. The number of allylic oxidation sites excluding steroid dienone is 1. The van der Waals surface area contributed by atoms with Gasteiger partial charge in [0.1, 0.15) is 0 Å². The third-order valence-electron chi connectivity index (χ3n) is 4.13. The summed E-state index contributed by atoms with van der Waals surface area (Å²) in [7, 11) is 0. The van der Waals surface area contributed by atoms with E-state index >= 15 is 0 Å². The smallest absolute Gasteiger partial charge is 0.00866 e. The summed E-state index contributed by atoms with van der Waals surface area (Å²) in [5, 5.41) is 0. The lowest BCUT2D eigenvalue weighted by Crippen LogP contribution is -2.04. The Morgan fingerprint density at radius 3 is 2.00 bits per heavy atom. The van der Waals surface area contributed by atoms with Crippen LogP contribution in [0.4, 0.5) is 0 Å². The normalized spacial score (nSPS) is 12.5. The predicted octanol–water partition coefficient (Wildman–Crippen LogP) is 5.06. The molecule has 0 fully saturated rings. The largest absolute Gasteiger partial charge is 0.402 e. The van der Waals surface area contributed by atoms with Crippen molar-refractivity contribution < 1.29 is 0 Å². The van der Waals surface area contributed by atoms with Crippen molar-refractivity contribution in [2.45, 2.75) is 72.1 Å². The highest BCUT2D eigenvalue weighted by molar-refractivity contribution is 5.62. The third-order valence-corrected chi connectivity index (χ3v) is 4.13. The second kappa shape index (κ2) is 8.99. The molecule has 0 saturated heterocycles. The Kier molecular flexibility index (Phi) is 7.67. The van der Waals surface area contributed by atoms with Gasteiger partial charge in [0.2, 0.25) is 0 Å². The zero-order valence-electron chi connectivity index (χ0n) is 15.1. The molecule has 0 aliphatic rings. The molecule has 0 spiro atoms. The molecule has 4 N–H and O–H groups in total. The van der Waals surface area contributed by atoms with Crippen LogP contribution in [0.5, 0.6) is 0 Å². The standard InChI is InChI=1S/C20H34N2/c1-14(2)18-11-16(5)12-19(15(3)4)20(18)13-17(22)9-7-6-8-10-21/h11-15H,6-10,21-22H2,1-5H3. The average molecular weight is 303 g/mol. The van der Waals surface area contributed by atoms with Gasteiger partial charge in [-0.05, 0) is 67.3 Å². The summed E-state index contributed by atoms with van der Waals surface area (Å²) >= 11 is 0. The first-order valence-electron chi connectivity index (χ1n) is 8.67. The highest BCUT2D eigenvalue weighted by Gasteiger charge is 2.13. The molecule has 1 aromatic rings. The summed E-state index contributed by atoms with van der Waals surface area (Å²) in [6.45, 7) is 12.0. The van der Waals surface area contributed by atoms with E-state index in [4.69, 9.17) is 11.5 Å². The molecule has 1 rings (SSSR count). The van der Waals surface area contributed by atoms with Crippen LogP contribution in [-0.2, 0) is 0 Å². The molecule has 0 aliphatic heterocycles. The van der Waals surface area contributed by atoms with Gasteiger partial charge in [-0.1, -0.05) is 51.8 Å². The summed E-state index contributed by atoms with van der Waals surface area (Å²) in [6, 6.07) is 4.62.